The number of carboxylic acid groups (broad SMARTS) is 1. The monoisotopic (exact) mass is 349 g/mol. The molecule has 0 unspecified atom stereocenters. The lowest BCUT2D eigenvalue weighted by Gasteiger charge is -2.34. The Bertz CT molecular complexity index is 610. The van der Waals surface area contributed by atoms with Crippen molar-refractivity contribution in [1.82, 2.24) is 9.97 Å². The van der Waals surface area contributed by atoms with Gasteiger partial charge in [-0.15, -0.1) is 0 Å². The number of rotatable bonds is 5. The van der Waals surface area contributed by atoms with E-state index >= 15 is 0 Å². The van der Waals surface area contributed by atoms with Gasteiger partial charge in [0, 0.05) is 25.3 Å². The van der Waals surface area contributed by atoms with E-state index in [0.29, 0.717) is 36.3 Å². The van der Waals surface area contributed by atoms with Gasteiger partial charge in [-0.1, -0.05) is 0 Å². The van der Waals surface area contributed by atoms with Gasteiger partial charge in [0.2, 0.25) is 5.95 Å². The van der Waals surface area contributed by atoms with Gasteiger partial charge in [0.1, 0.15) is 0 Å². The summed E-state index contributed by atoms with van der Waals surface area (Å²) in [7, 11) is 0. The van der Waals surface area contributed by atoms with Gasteiger partial charge in [-0.05, 0) is 45.4 Å². The Morgan fingerprint density at radius 2 is 1.88 bits per heavy atom. The molecule has 0 aromatic carbocycles. The summed E-state index contributed by atoms with van der Waals surface area (Å²) >= 11 is 0. The van der Waals surface area contributed by atoms with Crippen molar-refractivity contribution in [2.24, 2.45) is 5.41 Å². The Labute approximate surface area is 147 Å². The smallest absolute Gasteiger partial charge is 0.309 e. The van der Waals surface area contributed by atoms with Crippen LogP contribution in [0, 0.1) is 5.41 Å². The highest BCUT2D eigenvalue weighted by molar-refractivity contribution is 5.74. The molecular formula is C17H27N5O3. The van der Waals surface area contributed by atoms with Crippen LogP contribution >= 0.6 is 0 Å². The second kappa shape index (κ2) is 7.43. The molecule has 5 N–H and O–H groups in total. The number of ether oxygens (including phenoxy) is 1. The molecular weight excluding hydrogens is 322 g/mol. The van der Waals surface area contributed by atoms with E-state index in [9.17, 15) is 9.90 Å². The van der Waals surface area contributed by atoms with Crippen LogP contribution in [-0.4, -0.2) is 46.3 Å². The van der Waals surface area contributed by atoms with E-state index < -0.39 is 11.4 Å². The first-order chi connectivity index (χ1) is 12.0. The number of hydrogen-bond donors (Lipinski definition) is 4. The van der Waals surface area contributed by atoms with Crippen LogP contribution in [-0.2, 0) is 9.53 Å². The highest BCUT2D eigenvalue weighted by Crippen LogP contribution is 2.37. The Hall–Kier alpha value is -2.09. The standard InChI is InChI=1S/C17H27N5O3/c1-17(15(23)24)6-2-11(3-7-17)20-14-13(18)10-19-16(22-14)21-12-4-8-25-9-5-12/h10-12H,2-9,18H2,1H3,(H,23,24)(H2,19,20,21,22)/t11-,17+. The number of nitrogens with two attached hydrogens (primary N) is 1. The Kier molecular flexibility index (Phi) is 5.27. The normalized spacial score (nSPS) is 27.6. The Morgan fingerprint density at radius 1 is 1.24 bits per heavy atom. The fourth-order valence-electron chi connectivity index (χ4n) is 3.41. The Balaban J connectivity index is 1.60. The summed E-state index contributed by atoms with van der Waals surface area (Å²) in [5, 5.41) is 16.0. The van der Waals surface area contributed by atoms with E-state index in [4.69, 9.17) is 10.5 Å². The minimum absolute atomic E-state index is 0.181. The molecule has 8 heteroatoms. The quantitative estimate of drug-likeness (QED) is 0.637. The van der Waals surface area contributed by atoms with Crippen LogP contribution in [0.3, 0.4) is 0 Å². The first-order valence-corrected chi connectivity index (χ1v) is 8.93. The number of carbonyl (C=O) groups is 1. The van der Waals surface area contributed by atoms with Crippen molar-refractivity contribution in [3.8, 4) is 0 Å². The predicted octanol–water partition coefficient (Wildman–Crippen LogP) is 2.10. The van der Waals surface area contributed by atoms with Gasteiger partial charge in [0.25, 0.3) is 0 Å². The molecule has 3 rings (SSSR count). The fourth-order valence-corrected chi connectivity index (χ4v) is 3.41. The summed E-state index contributed by atoms with van der Waals surface area (Å²) in [6.45, 7) is 3.32. The van der Waals surface area contributed by atoms with Crippen molar-refractivity contribution in [2.45, 2.75) is 57.5 Å². The summed E-state index contributed by atoms with van der Waals surface area (Å²) < 4.78 is 5.36. The molecule has 1 aromatic heterocycles. The molecule has 0 spiro atoms. The van der Waals surface area contributed by atoms with Crippen molar-refractivity contribution in [3.05, 3.63) is 6.20 Å². The van der Waals surface area contributed by atoms with E-state index in [0.717, 1.165) is 38.9 Å². The largest absolute Gasteiger partial charge is 0.481 e. The molecule has 0 amide bonds. The number of aromatic nitrogens is 2. The number of aliphatic carboxylic acids is 1. The van der Waals surface area contributed by atoms with Gasteiger partial charge in [-0.2, -0.15) is 4.98 Å². The van der Waals surface area contributed by atoms with Crippen molar-refractivity contribution in [1.29, 1.82) is 0 Å². The second-order valence-electron chi connectivity index (χ2n) is 7.31. The van der Waals surface area contributed by atoms with Gasteiger partial charge in [-0.3, -0.25) is 4.79 Å². The molecule has 2 fully saturated rings. The molecule has 1 aliphatic carbocycles. The molecule has 2 heterocycles. The second-order valence-corrected chi connectivity index (χ2v) is 7.31. The molecule has 0 atom stereocenters. The van der Waals surface area contributed by atoms with Crippen LogP contribution in [0.2, 0.25) is 0 Å². The van der Waals surface area contributed by atoms with E-state index in [1.54, 1.807) is 6.20 Å². The van der Waals surface area contributed by atoms with E-state index in [1.807, 2.05) is 6.92 Å². The lowest BCUT2D eigenvalue weighted by Crippen LogP contribution is -2.37. The first-order valence-electron chi connectivity index (χ1n) is 8.93. The molecule has 0 radical (unpaired) electrons. The lowest BCUT2D eigenvalue weighted by molar-refractivity contribution is -0.149. The molecule has 25 heavy (non-hydrogen) atoms. The molecule has 1 saturated carbocycles. The first kappa shape index (κ1) is 17.7. The minimum atomic E-state index is -0.713. The predicted molar refractivity (Wildman–Crippen MR) is 95.5 cm³/mol. The third-order valence-electron chi connectivity index (χ3n) is 5.32. The molecule has 1 aliphatic heterocycles. The van der Waals surface area contributed by atoms with E-state index in [2.05, 4.69) is 20.6 Å². The molecule has 138 valence electrons. The summed E-state index contributed by atoms with van der Waals surface area (Å²) in [5.74, 6) is 0.471. The van der Waals surface area contributed by atoms with Gasteiger partial charge >= 0.3 is 5.97 Å². The number of anilines is 3. The van der Waals surface area contributed by atoms with Gasteiger partial charge in [0.05, 0.1) is 17.3 Å². The van der Waals surface area contributed by atoms with Gasteiger partial charge < -0.3 is 26.2 Å². The van der Waals surface area contributed by atoms with Crippen LogP contribution in [0.15, 0.2) is 6.20 Å². The van der Waals surface area contributed by atoms with Crippen molar-refractivity contribution < 1.29 is 14.6 Å². The Morgan fingerprint density at radius 3 is 2.52 bits per heavy atom. The maximum Gasteiger partial charge on any atom is 0.309 e. The third-order valence-corrected chi connectivity index (χ3v) is 5.32. The van der Waals surface area contributed by atoms with Gasteiger partial charge in [0.15, 0.2) is 5.82 Å². The lowest BCUT2D eigenvalue weighted by atomic mass is 9.74. The van der Waals surface area contributed by atoms with Crippen LogP contribution in [0.5, 0.6) is 0 Å². The average Bonchev–Trinajstić information content (AvgIpc) is 2.61. The maximum atomic E-state index is 11.4. The highest BCUT2D eigenvalue weighted by atomic mass is 16.5. The highest BCUT2D eigenvalue weighted by Gasteiger charge is 2.37. The minimum Gasteiger partial charge on any atom is -0.481 e. The van der Waals surface area contributed by atoms with E-state index in [-0.39, 0.29) is 6.04 Å². The molecule has 0 bridgehead atoms. The molecule has 1 saturated heterocycles. The number of hydrogen-bond acceptors (Lipinski definition) is 7. The number of nitrogens with one attached hydrogen (secondary N) is 2. The zero-order valence-corrected chi connectivity index (χ0v) is 14.6. The summed E-state index contributed by atoms with van der Waals surface area (Å²) in [6.07, 6.45) is 6.36. The summed E-state index contributed by atoms with van der Waals surface area (Å²) in [5.41, 5.74) is 5.90. The van der Waals surface area contributed by atoms with Gasteiger partial charge in [-0.25, -0.2) is 4.98 Å². The summed E-state index contributed by atoms with van der Waals surface area (Å²) in [6, 6.07) is 0.497. The van der Waals surface area contributed by atoms with Crippen molar-refractivity contribution >= 4 is 23.4 Å². The topological polar surface area (TPSA) is 122 Å². The maximum absolute atomic E-state index is 11.4. The fraction of sp³-hybridized carbons (Fsp3) is 0.706. The van der Waals surface area contributed by atoms with Crippen molar-refractivity contribution in [3.63, 3.8) is 0 Å². The summed E-state index contributed by atoms with van der Waals surface area (Å²) in [4.78, 5) is 20.1. The number of nitrogen functional groups attached to an aromatic ring is 1. The van der Waals surface area contributed by atoms with Crippen LogP contribution in [0.25, 0.3) is 0 Å². The van der Waals surface area contributed by atoms with Crippen LogP contribution in [0.1, 0.15) is 45.4 Å². The molecule has 8 nitrogen and oxygen atoms in total. The number of carboxylic acids is 1. The van der Waals surface area contributed by atoms with E-state index in [1.165, 1.54) is 0 Å². The van der Waals surface area contributed by atoms with Crippen LogP contribution in [0.4, 0.5) is 17.5 Å². The number of nitrogens with zero attached hydrogens (tertiary/aromatic N) is 2. The molecule has 1 aromatic rings. The average molecular weight is 349 g/mol. The SMILES string of the molecule is C[C@]1(C(=O)O)CC[C@@H](Nc2nc(NC3CCOCC3)ncc2N)CC1. The zero-order chi connectivity index (χ0) is 17.9. The zero-order valence-electron chi connectivity index (χ0n) is 14.6. The molecule has 2 aliphatic rings. The third kappa shape index (κ3) is 4.31. The van der Waals surface area contributed by atoms with Crippen molar-refractivity contribution in [2.75, 3.05) is 29.6 Å². The van der Waals surface area contributed by atoms with Crippen LogP contribution < -0.4 is 16.4 Å².